The number of ether oxygens (including phenoxy) is 1. The first-order valence-corrected chi connectivity index (χ1v) is 7.42. The van der Waals surface area contributed by atoms with E-state index in [1.54, 1.807) is 13.8 Å². The summed E-state index contributed by atoms with van der Waals surface area (Å²) >= 11 is 0. The number of hydrogen-bond donors (Lipinski definition) is 2. The summed E-state index contributed by atoms with van der Waals surface area (Å²) in [5.74, 6) is -0.236. The zero-order chi connectivity index (χ0) is 19.5. The highest BCUT2D eigenvalue weighted by Gasteiger charge is 2.34. The van der Waals surface area contributed by atoms with E-state index in [9.17, 15) is 23.3 Å². The van der Waals surface area contributed by atoms with E-state index in [4.69, 9.17) is 4.74 Å². The molecule has 0 atom stereocenters. The van der Waals surface area contributed by atoms with Gasteiger partial charge in [-0.3, -0.25) is 10.1 Å². The maximum absolute atomic E-state index is 13.1. The Hall–Kier alpha value is -3.11. The number of anilines is 3. The van der Waals surface area contributed by atoms with Gasteiger partial charge in [-0.1, -0.05) is 0 Å². The molecule has 0 saturated heterocycles. The summed E-state index contributed by atoms with van der Waals surface area (Å²) in [6, 6.07) is 4.39. The topological polar surface area (TPSA) is 102 Å². The molecule has 8 nitrogen and oxygen atoms in total. The average Bonchev–Trinajstić information content (AvgIpc) is 2.53. The quantitative estimate of drug-likeness (QED) is 0.585. The zero-order valence-electron chi connectivity index (χ0n) is 14.1. The molecule has 0 fully saturated rings. The Morgan fingerprint density at radius 1 is 1.23 bits per heavy atom. The van der Waals surface area contributed by atoms with Gasteiger partial charge in [0.1, 0.15) is 17.3 Å². The van der Waals surface area contributed by atoms with Crippen molar-refractivity contribution in [1.82, 2.24) is 9.97 Å². The fourth-order valence-electron chi connectivity index (χ4n) is 2.01. The van der Waals surface area contributed by atoms with Crippen LogP contribution in [0.15, 0.2) is 24.3 Å². The van der Waals surface area contributed by atoms with Gasteiger partial charge in [0.2, 0.25) is 5.95 Å². The highest BCUT2D eigenvalue weighted by atomic mass is 19.4. The average molecular weight is 371 g/mol. The molecule has 0 aliphatic rings. The van der Waals surface area contributed by atoms with Crippen LogP contribution in [-0.2, 0) is 6.18 Å². The molecule has 2 N–H and O–H groups in total. The number of alkyl halides is 3. The van der Waals surface area contributed by atoms with Crippen LogP contribution in [0.4, 0.5) is 36.3 Å². The van der Waals surface area contributed by atoms with Crippen molar-refractivity contribution in [3.8, 4) is 5.75 Å². The summed E-state index contributed by atoms with van der Waals surface area (Å²) in [5, 5.41) is 16.4. The van der Waals surface area contributed by atoms with E-state index in [1.807, 2.05) is 0 Å². The van der Waals surface area contributed by atoms with Gasteiger partial charge in [0.25, 0.3) is 5.69 Å². The minimum atomic E-state index is -4.70. The number of nitro groups is 1. The summed E-state index contributed by atoms with van der Waals surface area (Å²) < 4.78 is 44.1. The number of rotatable bonds is 6. The zero-order valence-corrected chi connectivity index (χ0v) is 14.1. The van der Waals surface area contributed by atoms with E-state index in [-0.39, 0.29) is 34.9 Å². The number of hydrogen-bond acceptors (Lipinski definition) is 7. The molecule has 1 heterocycles. The van der Waals surface area contributed by atoms with E-state index in [0.717, 1.165) is 6.07 Å². The Morgan fingerprint density at radius 3 is 2.46 bits per heavy atom. The fourth-order valence-corrected chi connectivity index (χ4v) is 2.01. The molecule has 0 spiro atoms. The van der Waals surface area contributed by atoms with Crippen LogP contribution in [0.25, 0.3) is 0 Å². The lowest BCUT2D eigenvalue weighted by atomic mass is 10.2. The third-order valence-corrected chi connectivity index (χ3v) is 3.10. The Kier molecular flexibility index (Phi) is 5.48. The van der Waals surface area contributed by atoms with Gasteiger partial charge < -0.3 is 15.4 Å². The van der Waals surface area contributed by atoms with Gasteiger partial charge in [0.15, 0.2) is 5.69 Å². The van der Waals surface area contributed by atoms with Crippen molar-refractivity contribution >= 4 is 23.1 Å². The monoisotopic (exact) mass is 371 g/mol. The molecule has 0 aliphatic heterocycles. The second-order valence-electron chi connectivity index (χ2n) is 5.52. The molecule has 0 aliphatic carbocycles. The number of halogens is 3. The number of nitrogens with zero attached hydrogens (tertiary/aromatic N) is 3. The molecule has 0 bridgehead atoms. The van der Waals surface area contributed by atoms with Crippen LogP contribution >= 0.6 is 0 Å². The molecule has 0 amide bonds. The molecule has 1 aromatic heterocycles. The van der Waals surface area contributed by atoms with Crippen molar-refractivity contribution in [2.75, 3.05) is 17.7 Å². The van der Waals surface area contributed by atoms with E-state index >= 15 is 0 Å². The Labute approximate surface area is 146 Å². The van der Waals surface area contributed by atoms with Gasteiger partial charge in [-0.25, -0.2) is 4.98 Å². The van der Waals surface area contributed by atoms with Gasteiger partial charge in [-0.2, -0.15) is 18.2 Å². The Morgan fingerprint density at radius 2 is 1.92 bits per heavy atom. The van der Waals surface area contributed by atoms with Crippen LogP contribution in [0.1, 0.15) is 19.5 Å². The molecule has 1 aromatic carbocycles. The summed E-state index contributed by atoms with van der Waals surface area (Å²) in [7, 11) is 1.34. The van der Waals surface area contributed by atoms with Crippen molar-refractivity contribution in [2.24, 2.45) is 0 Å². The molecule has 2 aromatic rings. The van der Waals surface area contributed by atoms with Crippen LogP contribution in [0, 0.1) is 10.1 Å². The second kappa shape index (κ2) is 7.42. The van der Waals surface area contributed by atoms with Crippen LogP contribution in [-0.4, -0.2) is 28.0 Å². The van der Waals surface area contributed by atoms with Crippen molar-refractivity contribution in [3.05, 3.63) is 40.1 Å². The van der Waals surface area contributed by atoms with Crippen LogP contribution in [0.2, 0.25) is 0 Å². The van der Waals surface area contributed by atoms with Crippen molar-refractivity contribution in [3.63, 3.8) is 0 Å². The largest absolute Gasteiger partial charge is 0.496 e. The van der Waals surface area contributed by atoms with Crippen molar-refractivity contribution in [2.45, 2.75) is 26.1 Å². The molecule has 0 unspecified atom stereocenters. The number of nitro benzene ring substituents is 1. The fraction of sp³-hybridized carbons (Fsp3) is 0.333. The highest BCUT2D eigenvalue weighted by Crippen LogP contribution is 2.33. The van der Waals surface area contributed by atoms with E-state index in [0.29, 0.717) is 6.07 Å². The lowest BCUT2D eigenvalue weighted by Crippen LogP contribution is -2.17. The molecule has 140 valence electrons. The molecule has 0 saturated carbocycles. The SMILES string of the molecule is COc1ccc(Nc2cc(C(F)(F)F)nc(NC(C)C)n2)c([N+](=O)[O-])c1. The lowest BCUT2D eigenvalue weighted by Gasteiger charge is -2.14. The highest BCUT2D eigenvalue weighted by molar-refractivity contribution is 5.70. The van der Waals surface area contributed by atoms with Crippen LogP contribution in [0.5, 0.6) is 5.75 Å². The summed E-state index contributed by atoms with van der Waals surface area (Å²) in [4.78, 5) is 17.9. The van der Waals surface area contributed by atoms with Crippen molar-refractivity contribution < 1.29 is 22.8 Å². The van der Waals surface area contributed by atoms with Crippen LogP contribution in [0.3, 0.4) is 0 Å². The summed E-state index contributed by atoms with van der Waals surface area (Å²) in [5.41, 5.74) is -1.57. The third-order valence-electron chi connectivity index (χ3n) is 3.10. The van der Waals surface area contributed by atoms with Gasteiger partial charge >= 0.3 is 6.18 Å². The first kappa shape index (κ1) is 19.2. The smallest absolute Gasteiger partial charge is 0.433 e. The van der Waals surface area contributed by atoms with Crippen molar-refractivity contribution in [1.29, 1.82) is 0 Å². The number of benzene rings is 1. The Bertz CT molecular complexity index is 812. The first-order chi connectivity index (χ1) is 12.1. The van der Waals surface area contributed by atoms with Gasteiger partial charge in [0, 0.05) is 12.1 Å². The minimum Gasteiger partial charge on any atom is -0.496 e. The first-order valence-electron chi connectivity index (χ1n) is 7.42. The molecule has 0 radical (unpaired) electrons. The van der Waals surface area contributed by atoms with E-state index in [2.05, 4.69) is 20.6 Å². The molecular formula is C15H16F3N5O3. The standard InChI is InChI=1S/C15H16F3N5O3/c1-8(2)19-14-21-12(15(16,17)18)7-13(22-14)20-10-5-4-9(26-3)6-11(10)23(24)25/h4-8H,1-3H3,(H2,19,20,21,22). The normalized spacial score (nSPS) is 11.3. The summed E-state index contributed by atoms with van der Waals surface area (Å²) in [6.07, 6.45) is -4.70. The lowest BCUT2D eigenvalue weighted by molar-refractivity contribution is -0.384. The maximum Gasteiger partial charge on any atom is 0.433 e. The van der Waals surface area contributed by atoms with E-state index in [1.165, 1.54) is 19.2 Å². The second-order valence-corrected chi connectivity index (χ2v) is 5.52. The predicted octanol–water partition coefficient (Wildman–Crippen LogP) is 3.98. The van der Waals surface area contributed by atoms with Gasteiger partial charge in [-0.15, -0.1) is 0 Å². The predicted molar refractivity (Wildman–Crippen MR) is 88.7 cm³/mol. The number of methoxy groups -OCH3 is 1. The molecular weight excluding hydrogens is 355 g/mol. The van der Waals surface area contributed by atoms with Gasteiger partial charge in [-0.05, 0) is 26.0 Å². The third kappa shape index (κ3) is 4.71. The van der Waals surface area contributed by atoms with E-state index < -0.39 is 16.8 Å². The molecule has 11 heteroatoms. The van der Waals surface area contributed by atoms with Crippen LogP contribution < -0.4 is 15.4 Å². The molecule has 26 heavy (non-hydrogen) atoms. The van der Waals surface area contributed by atoms with Gasteiger partial charge in [0.05, 0.1) is 18.1 Å². The summed E-state index contributed by atoms with van der Waals surface area (Å²) in [6.45, 7) is 3.43. The minimum absolute atomic E-state index is 0.0295. The molecule has 2 rings (SSSR count). The number of aromatic nitrogens is 2. The Balaban J connectivity index is 2.47. The number of nitrogens with one attached hydrogen (secondary N) is 2. The maximum atomic E-state index is 13.1.